The molecule has 33 heavy (non-hydrogen) atoms. The van der Waals surface area contributed by atoms with Crippen molar-refractivity contribution in [1.82, 2.24) is 15.6 Å². The molecule has 3 amide bonds. The first-order valence-electron chi connectivity index (χ1n) is 11.1. The number of methoxy groups -OCH3 is 1. The van der Waals surface area contributed by atoms with Gasteiger partial charge in [-0.2, -0.15) is 5.10 Å². The fourth-order valence-corrected chi connectivity index (χ4v) is 3.91. The van der Waals surface area contributed by atoms with E-state index >= 15 is 0 Å². The maximum absolute atomic E-state index is 13.1. The molecule has 0 saturated carbocycles. The number of carbonyl (C=O) groups excluding carboxylic acids is 2. The van der Waals surface area contributed by atoms with E-state index in [0.717, 1.165) is 39.8 Å². The number of hydrogen-bond donors (Lipinski definition) is 2. The highest BCUT2D eigenvalue weighted by atomic mass is 16.5. The lowest BCUT2D eigenvalue weighted by Crippen LogP contribution is -2.42. The van der Waals surface area contributed by atoms with Gasteiger partial charge in [0.15, 0.2) is 0 Å². The molecule has 0 aromatic heterocycles. The van der Waals surface area contributed by atoms with E-state index in [1.54, 1.807) is 7.11 Å². The van der Waals surface area contributed by atoms with Gasteiger partial charge in [-0.15, -0.1) is 0 Å². The number of nitrogens with one attached hydrogen (secondary N) is 2. The highest BCUT2D eigenvalue weighted by Crippen LogP contribution is 2.34. The number of benzene rings is 3. The number of carbonyl (C=O) groups is 2. The number of nitrogens with zero attached hydrogens (tertiary/aromatic N) is 2. The smallest absolute Gasteiger partial charge is 0.315 e. The van der Waals surface area contributed by atoms with Gasteiger partial charge in [0.2, 0.25) is 0 Å². The summed E-state index contributed by atoms with van der Waals surface area (Å²) in [5.74, 6) is 0.484. The van der Waals surface area contributed by atoms with Crippen LogP contribution in [0.2, 0.25) is 0 Å². The molecule has 0 radical (unpaired) electrons. The van der Waals surface area contributed by atoms with E-state index in [-0.39, 0.29) is 24.5 Å². The molecule has 1 aliphatic rings. The first kappa shape index (κ1) is 22.3. The Bertz CT molecular complexity index is 1170. The number of rotatable bonds is 7. The normalized spacial score (nSPS) is 15.3. The third-order valence-electron chi connectivity index (χ3n) is 5.68. The molecule has 1 heterocycles. The predicted octanol–water partition coefficient (Wildman–Crippen LogP) is 4.24. The zero-order valence-electron chi connectivity index (χ0n) is 18.9. The Morgan fingerprint density at radius 3 is 2.52 bits per heavy atom. The van der Waals surface area contributed by atoms with Gasteiger partial charge >= 0.3 is 6.03 Å². The SMILES string of the molecule is CCCNC(=O)NCC(=O)N1N=C(c2ccc3ccccc3c2)C[C@@H]1c1ccc(OC)cc1. The van der Waals surface area contributed by atoms with E-state index < -0.39 is 0 Å². The van der Waals surface area contributed by atoms with Gasteiger partial charge in [0, 0.05) is 13.0 Å². The van der Waals surface area contributed by atoms with E-state index in [4.69, 9.17) is 9.84 Å². The second kappa shape index (κ2) is 10.2. The van der Waals surface area contributed by atoms with Gasteiger partial charge in [-0.1, -0.05) is 55.5 Å². The number of urea groups is 1. The fourth-order valence-electron chi connectivity index (χ4n) is 3.91. The standard InChI is InChI=1S/C26H28N4O3/c1-3-14-27-26(32)28-17-25(31)30-24(19-10-12-22(33-2)13-11-19)16-23(29-30)21-9-8-18-6-4-5-7-20(18)15-21/h4-13,15,24H,3,14,16-17H2,1-2H3,(H2,27,28,32)/t24-/m1/s1. The highest BCUT2D eigenvalue weighted by molar-refractivity contribution is 6.05. The zero-order valence-corrected chi connectivity index (χ0v) is 18.9. The molecular formula is C26H28N4O3. The van der Waals surface area contributed by atoms with Crippen LogP contribution in [0.25, 0.3) is 10.8 Å². The van der Waals surface area contributed by atoms with Crippen molar-refractivity contribution in [2.24, 2.45) is 5.10 Å². The van der Waals surface area contributed by atoms with Crippen LogP contribution in [0.1, 0.15) is 36.9 Å². The topological polar surface area (TPSA) is 83.0 Å². The highest BCUT2D eigenvalue weighted by Gasteiger charge is 2.33. The van der Waals surface area contributed by atoms with Gasteiger partial charge < -0.3 is 15.4 Å². The molecule has 1 atom stereocenters. The monoisotopic (exact) mass is 444 g/mol. The summed E-state index contributed by atoms with van der Waals surface area (Å²) in [6, 6.07) is 21.4. The molecule has 7 heteroatoms. The van der Waals surface area contributed by atoms with E-state index in [1.165, 1.54) is 5.01 Å². The minimum absolute atomic E-state index is 0.128. The number of amides is 3. The van der Waals surface area contributed by atoms with Gasteiger partial charge in [0.05, 0.1) is 18.9 Å². The number of ether oxygens (including phenoxy) is 1. The molecule has 0 aliphatic carbocycles. The van der Waals surface area contributed by atoms with E-state index in [2.05, 4.69) is 34.9 Å². The third kappa shape index (κ3) is 5.14. The maximum Gasteiger partial charge on any atom is 0.315 e. The maximum atomic E-state index is 13.1. The predicted molar refractivity (Wildman–Crippen MR) is 129 cm³/mol. The molecule has 4 rings (SSSR count). The van der Waals surface area contributed by atoms with E-state index in [0.29, 0.717) is 13.0 Å². The Labute approximate surface area is 193 Å². The first-order valence-corrected chi connectivity index (χ1v) is 11.1. The molecule has 3 aromatic carbocycles. The Morgan fingerprint density at radius 1 is 1.03 bits per heavy atom. The van der Waals surface area contributed by atoms with Crippen molar-refractivity contribution in [3.8, 4) is 5.75 Å². The number of fused-ring (bicyclic) bond motifs is 1. The summed E-state index contributed by atoms with van der Waals surface area (Å²) in [6.45, 7) is 2.40. The lowest BCUT2D eigenvalue weighted by atomic mass is 9.97. The Kier molecular flexibility index (Phi) is 6.88. The fraction of sp³-hybridized carbons (Fsp3) is 0.269. The van der Waals surface area contributed by atoms with Crippen LogP contribution in [-0.2, 0) is 4.79 Å². The van der Waals surface area contributed by atoms with Crippen LogP contribution < -0.4 is 15.4 Å². The zero-order chi connectivity index (χ0) is 23.2. The first-order chi connectivity index (χ1) is 16.1. The molecule has 0 bridgehead atoms. The molecule has 1 aliphatic heterocycles. The third-order valence-corrected chi connectivity index (χ3v) is 5.68. The quantitative estimate of drug-likeness (QED) is 0.572. The summed E-state index contributed by atoms with van der Waals surface area (Å²) >= 11 is 0. The molecule has 0 saturated heterocycles. The molecule has 7 nitrogen and oxygen atoms in total. The summed E-state index contributed by atoms with van der Waals surface area (Å²) in [7, 11) is 1.62. The van der Waals surface area contributed by atoms with Crippen molar-refractivity contribution in [3.05, 3.63) is 77.9 Å². The van der Waals surface area contributed by atoms with Gasteiger partial charge in [-0.3, -0.25) is 4.79 Å². The summed E-state index contributed by atoms with van der Waals surface area (Å²) in [5.41, 5.74) is 2.78. The second-order valence-electron chi connectivity index (χ2n) is 7.95. The van der Waals surface area contributed by atoms with Crippen molar-refractivity contribution < 1.29 is 14.3 Å². The molecule has 170 valence electrons. The van der Waals surface area contributed by atoms with Crippen LogP contribution >= 0.6 is 0 Å². The van der Waals surface area contributed by atoms with Crippen LogP contribution in [0.3, 0.4) is 0 Å². The lowest BCUT2D eigenvalue weighted by Gasteiger charge is -2.22. The molecule has 2 N–H and O–H groups in total. The summed E-state index contributed by atoms with van der Waals surface area (Å²) < 4.78 is 5.27. The van der Waals surface area contributed by atoms with Crippen LogP contribution in [0.4, 0.5) is 4.79 Å². The van der Waals surface area contributed by atoms with Crippen molar-refractivity contribution in [1.29, 1.82) is 0 Å². The van der Waals surface area contributed by atoms with Crippen molar-refractivity contribution in [3.63, 3.8) is 0 Å². The van der Waals surface area contributed by atoms with Gasteiger partial charge in [0.25, 0.3) is 5.91 Å². The molecule has 0 fully saturated rings. The summed E-state index contributed by atoms with van der Waals surface area (Å²) in [5, 5.41) is 13.8. The number of hydrogen-bond acceptors (Lipinski definition) is 4. The van der Waals surface area contributed by atoms with Crippen molar-refractivity contribution >= 4 is 28.4 Å². The minimum Gasteiger partial charge on any atom is -0.497 e. The Hall–Kier alpha value is -3.87. The average Bonchev–Trinajstić information content (AvgIpc) is 3.31. The van der Waals surface area contributed by atoms with Gasteiger partial charge in [-0.05, 0) is 46.5 Å². The van der Waals surface area contributed by atoms with Crippen LogP contribution in [0, 0.1) is 0 Å². The second-order valence-corrected chi connectivity index (χ2v) is 7.95. The molecule has 0 spiro atoms. The Balaban J connectivity index is 1.59. The average molecular weight is 445 g/mol. The summed E-state index contributed by atoms with van der Waals surface area (Å²) in [6.07, 6.45) is 1.41. The van der Waals surface area contributed by atoms with Gasteiger partial charge in [-0.25, -0.2) is 9.80 Å². The molecular weight excluding hydrogens is 416 g/mol. The minimum atomic E-state index is -0.357. The van der Waals surface area contributed by atoms with Gasteiger partial charge in [0.1, 0.15) is 12.3 Å². The van der Waals surface area contributed by atoms with Crippen LogP contribution in [0.15, 0.2) is 71.8 Å². The molecule has 0 unspecified atom stereocenters. The van der Waals surface area contributed by atoms with Crippen molar-refractivity contribution in [2.75, 3.05) is 20.2 Å². The Morgan fingerprint density at radius 2 is 1.79 bits per heavy atom. The largest absolute Gasteiger partial charge is 0.497 e. The summed E-state index contributed by atoms with van der Waals surface area (Å²) in [4.78, 5) is 25.0. The number of hydrazone groups is 1. The van der Waals surface area contributed by atoms with E-state index in [9.17, 15) is 9.59 Å². The lowest BCUT2D eigenvalue weighted by molar-refractivity contribution is -0.131. The van der Waals surface area contributed by atoms with Crippen LogP contribution in [-0.4, -0.2) is 42.9 Å². The van der Waals surface area contributed by atoms with Crippen LogP contribution in [0.5, 0.6) is 5.75 Å². The van der Waals surface area contributed by atoms with E-state index in [1.807, 2.05) is 49.4 Å². The van der Waals surface area contributed by atoms with Crippen molar-refractivity contribution in [2.45, 2.75) is 25.8 Å². The molecule has 3 aromatic rings.